The minimum absolute atomic E-state index is 0.192. The van der Waals surface area contributed by atoms with Gasteiger partial charge in [-0.1, -0.05) is 0 Å². The van der Waals surface area contributed by atoms with E-state index in [9.17, 15) is 13.2 Å². The Morgan fingerprint density at radius 3 is 2.28 bits per heavy atom. The summed E-state index contributed by atoms with van der Waals surface area (Å²) in [7, 11) is 0. The highest BCUT2D eigenvalue weighted by Gasteiger charge is 2.29. The Kier molecular flexibility index (Phi) is 4.94. The maximum absolute atomic E-state index is 12.0. The van der Waals surface area contributed by atoms with Crippen LogP contribution in [0.5, 0.6) is 6.01 Å². The Bertz CT molecular complexity index is 398. The molecule has 0 bridgehead atoms. The molecule has 9 heteroatoms. The van der Waals surface area contributed by atoms with E-state index in [-0.39, 0.29) is 11.2 Å². The summed E-state index contributed by atoms with van der Waals surface area (Å²) in [6, 6.07) is -0.436. The molecular formula is C9H12ClF3N4O. The smallest absolute Gasteiger partial charge is 0.422 e. The van der Waals surface area contributed by atoms with Crippen LogP contribution in [0.15, 0.2) is 0 Å². The summed E-state index contributed by atoms with van der Waals surface area (Å²) < 4.78 is 40.4. The van der Waals surface area contributed by atoms with Crippen LogP contribution in [0.1, 0.15) is 13.8 Å². The van der Waals surface area contributed by atoms with Crippen molar-refractivity contribution in [2.45, 2.75) is 20.0 Å². The van der Waals surface area contributed by atoms with Gasteiger partial charge in [-0.15, -0.1) is 0 Å². The molecule has 0 saturated carbocycles. The molecule has 18 heavy (non-hydrogen) atoms. The summed E-state index contributed by atoms with van der Waals surface area (Å²) in [5.41, 5.74) is 0. The fourth-order valence-corrected chi connectivity index (χ4v) is 1.33. The van der Waals surface area contributed by atoms with Gasteiger partial charge in [0.25, 0.3) is 0 Å². The third-order valence-electron chi connectivity index (χ3n) is 1.99. The lowest BCUT2D eigenvalue weighted by molar-refractivity contribution is -0.154. The average molecular weight is 285 g/mol. The Morgan fingerprint density at radius 1 is 1.17 bits per heavy atom. The van der Waals surface area contributed by atoms with E-state index in [4.69, 9.17) is 11.6 Å². The summed E-state index contributed by atoms with van der Waals surface area (Å²) in [5.74, 6) is 0.192. The lowest BCUT2D eigenvalue weighted by Gasteiger charge is -2.18. The van der Waals surface area contributed by atoms with Crippen LogP contribution in [0.2, 0.25) is 5.28 Å². The van der Waals surface area contributed by atoms with E-state index in [2.05, 4.69) is 19.7 Å². The van der Waals surface area contributed by atoms with Gasteiger partial charge >= 0.3 is 12.2 Å². The number of ether oxygens (including phenoxy) is 1. The van der Waals surface area contributed by atoms with Crippen LogP contribution in [-0.2, 0) is 0 Å². The first kappa shape index (κ1) is 14.7. The van der Waals surface area contributed by atoms with Crippen molar-refractivity contribution in [1.29, 1.82) is 0 Å². The van der Waals surface area contributed by atoms with Crippen LogP contribution >= 0.6 is 11.6 Å². The molecule has 1 aromatic rings. The molecule has 1 heterocycles. The number of hydrogen-bond acceptors (Lipinski definition) is 5. The number of aromatic nitrogens is 3. The Balaban J connectivity index is 2.87. The quantitative estimate of drug-likeness (QED) is 0.830. The highest BCUT2D eigenvalue weighted by molar-refractivity contribution is 6.28. The summed E-state index contributed by atoms with van der Waals surface area (Å²) in [6.45, 7) is 3.44. The third kappa shape index (κ3) is 4.52. The normalized spacial score (nSPS) is 11.4. The molecular weight excluding hydrogens is 273 g/mol. The number of hydrogen-bond donors (Lipinski definition) is 0. The highest BCUT2D eigenvalue weighted by atomic mass is 35.5. The topological polar surface area (TPSA) is 51.1 Å². The first-order chi connectivity index (χ1) is 8.35. The SMILES string of the molecule is CCN(CC)c1nc(Cl)nc(OCC(F)(F)F)n1. The van der Waals surface area contributed by atoms with Crippen LogP contribution in [0.25, 0.3) is 0 Å². The summed E-state index contributed by atoms with van der Waals surface area (Å²) in [5, 5.41) is -0.205. The van der Waals surface area contributed by atoms with Crippen LogP contribution in [-0.4, -0.2) is 40.8 Å². The molecule has 0 fully saturated rings. The third-order valence-corrected chi connectivity index (χ3v) is 2.16. The van der Waals surface area contributed by atoms with E-state index in [0.29, 0.717) is 13.1 Å². The van der Waals surface area contributed by atoms with Gasteiger partial charge in [-0.05, 0) is 25.4 Å². The van der Waals surface area contributed by atoms with Crippen LogP contribution in [0, 0.1) is 0 Å². The minimum atomic E-state index is -4.45. The van der Waals surface area contributed by atoms with Crippen LogP contribution in [0.3, 0.4) is 0 Å². The monoisotopic (exact) mass is 284 g/mol. The zero-order chi connectivity index (χ0) is 13.8. The highest BCUT2D eigenvalue weighted by Crippen LogP contribution is 2.18. The van der Waals surface area contributed by atoms with Gasteiger partial charge < -0.3 is 9.64 Å². The molecule has 0 saturated heterocycles. The predicted molar refractivity (Wildman–Crippen MR) is 59.9 cm³/mol. The number of anilines is 1. The van der Waals surface area contributed by atoms with Crippen molar-refractivity contribution in [3.63, 3.8) is 0 Å². The molecule has 1 rings (SSSR count). The molecule has 102 valence electrons. The fraction of sp³-hybridized carbons (Fsp3) is 0.667. The van der Waals surface area contributed by atoms with Gasteiger partial charge in [-0.3, -0.25) is 0 Å². The standard InChI is InChI=1S/C9H12ClF3N4O/c1-3-17(4-2)7-14-6(10)15-8(16-7)18-5-9(11,12)13/h3-5H2,1-2H3. The second-order valence-corrected chi connectivity index (χ2v) is 3.60. The van der Waals surface area contributed by atoms with Crippen molar-refractivity contribution >= 4 is 17.5 Å². The molecule has 0 atom stereocenters. The van der Waals surface area contributed by atoms with Gasteiger partial charge in [-0.25, -0.2) is 0 Å². The molecule has 1 aromatic heterocycles. The van der Waals surface area contributed by atoms with Gasteiger partial charge in [-0.2, -0.15) is 28.1 Å². The van der Waals surface area contributed by atoms with Crippen molar-refractivity contribution in [2.75, 3.05) is 24.6 Å². The molecule has 0 radical (unpaired) electrons. The summed E-state index contributed by atoms with van der Waals surface area (Å²) in [4.78, 5) is 12.8. The lowest BCUT2D eigenvalue weighted by Crippen LogP contribution is -2.25. The van der Waals surface area contributed by atoms with E-state index in [1.807, 2.05) is 13.8 Å². The van der Waals surface area contributed by atoms with Crippen molar-refractivity contribution in [3.05, 3.63) is 5.28 Å². The zero-order valence-electron chi connectivity index (χ0n) is 9.83. The van der Waals surface area contributed by atoms with E-state index in [1.165, 1.54) is 0 Å². The molecule has 0 aliphatic carbocycles. The van der Waals surface area contributed by atoms with Crippen molar-refractivity contribution in [2.24, 2.45) is 0 Å². The molecule has 0 spiro atoms. The van der Waals surface area contributed by atoms with Crippen LogP contribution in [0.4, 0.5) is 19.1 Å². The number of rotatable bonds is 5. The maximum Gasteiger partial charge on any atom is 0.422 e. The average Bonchev–Trinajstić information content (AvgIpc) is 2.26. The van der Waals surface area contributed by atoms with Gasteiger partial charge in [0, 0.05) is 13.1 Å². The Labute approximate surface area is 107 Å². The van der Waals surface area contributed by atoms with Crippen molar-refractivity contribution in [1.82, 2.24) is 15.0 Å². The van der Waals surface area contributed by atoms with Gasteiger partial charge in [0.15, 0.2) is 6.61 Å². The second-order valence-electron chi connectivity index (χ2n) is 3.26. The zero-order valence-corrected chi connectivity index (χ0v) is 10.6. The van der Waals surface area contributed by atoms with E-state index in [0.717, 1.165) is 0 Å². The molecule has 0 unspecified atom stereocenters. The number of halogens is 4. The lowest BCUT2D eigenvalue weighted by atomic mass is 10.5. The first-order valence-electron chi connectivity index (χ1n) is 5.21. The summed E-state index contributed by atoms with van der Waals surface area (Å²) >= 11 is 5.61. The van der Waals surface area contributed by atoms with Crippen molar-refractivity contribution < 1.29 is 17.9 Å². The molecule has 0 aliphatic heterocycles. The number of alkyl halides is 3. The Hall–Kier alpha value is -1.31. The molecule has 0 aliphatic rings. The molecule has 0 N–H and O–H groups in total. The minimum Gasteiger partial charge on any atom is -0.454 e. The second kappa shape index (κ2) is 6.03. The maximum atomic E-state index is 12.0. The largest absolute Gasteiger partial charge is 0.454 e. The predicted octanol–water partition coefficient (Wildman–Crippen LogP) is 2.31. The summed E-state index contributed by atoms with van der Waals surface area (Å²) in [6.07, 6.45) is -4.45. The van der Waals surface area contributed by atoms with Gasteiger partial charge in [0.1, 0.15) is 0 Å². The first-order valence-corrected chi connectivity index (χ1v) is 5.59. The van der Waals surface area contributed by atoms with Gasteiger partial charge in [0.2, 0.25) is 11.2 Å². The molecule has 0 amide bonds. The van der Waals surface area contributed by atoms with Crippen molar-refractivity contribution in [3.8, 4) is 6.01 Å². The van der Waals surface area contributed by atoms with E-state index < -0.39 is 18.8 Å². The van der Waals surface area contributed by atoms with E-state index in [1.54, 1.807) is 4.90 Å². The fourth-order valence-electron chi connectivity index (χ4n) is 1.18. The Morgan fingerprint density at radius 2 is 1.78 bits per heavy atom. The molecule has 5 nitrogen and oxygen atoms in total. The van der Waals surface area contributed by atoms with E-state index >= 15 is 0 Å². The van der Waals surface area contributed by atoms with Gasteiger partial charge in [0.05, 0.1) is 0 Å². The molecule has 0 aromatic carbocycles. The van der Waals surface area contributed by atoms with Crippen LogP contribution < -0.4 is 9.64 Å². The number of nitrogens with zero attached hydrogens (tertiary/aromatic N) is 4.